The molecule has 0 atom stereocenters. The predicted octanol–water partition coefficient (Wildman–Crippen LogP) is 2.27. The van der Waals surface area contributed by atoms with Crippen LogP contribution < -0.4 is 0 Å². The molecule has 0 aliphatic rings. The van der Waals surface area contributed by atoms with Gasteiger partial charge in [-0.3, -0.25) is 4.79 Å². The van der Waals surface area contributed by atoms with Crippen LogP contribution in [0.5, 0.6) is 0 Å². The zero-order valence-electron chi connectivity index (χ0n) is 7.80. The smallest absolute Gasteiger partial charge is 0.443 e. The Balaban J connectivity index is 2.58. The van der Waals surface area contributed by atoms with Crippen molar-refractivity contribution in [3.63, 3.8) is 0 Å². The number of aromatic nitrogens is 1. The average molecular weight is 239 g/mol. The molecule has 0 radical (unpaired) electrons. The predicted molar refractivity (Wildman–Crippen MR) is 47.5 cm³/mol. The second kappa shape index (κ2) is 4.61. The van der Waals surface area contributed by atoms with E-state index in [1.807, 2.05) is 0 Å². The van der Waals surface area contributed by atoms with E-state index in [2.05, 4.69) is 9.72 Å². The maximum Gasteiger partial charge on any atom is 0.443 e. The van der Waals surface area contributed by atoms with E-state index in [1.165, 1.54) is 12.5 Å². The van der Waals surface area contributed by atoms with Gasteiger partial charge < -0.3 is 4.74 Å². The van der Waals surface area contributed by atoms with Crippen LogP contribution in [0.4, 0.5) is 13.2 Å². The molecule has 1 rings (SSSR count). The summed E-state index contributed by atoms with van der Waals surface area (Å²) < 4.78 is 40.7. The molecule has 1 aromatic heterocycles. The van der Waals surface area contributed by atoms with Crippen LogP contribution in [0.1, 0.15) is 17.1 Å². The van der Waals surface area contributed by atoms with Crippen molar-refractivity contribution in [1.82, 2.24) is 4.98 Å². The van der Waals surface area contributed by atoms with Gasteiger partial charge in [0.05, 0.1) is 19.2 Å². The summed E-state index contributed by atoms with van der Waals surface area (Å²) in [6.07, 6.45) is -4.20. The molecule has 0 aliphatic carbocycles. The van der Waals surface area contributed by atoms with Gasteiger partial charge in [0.15, 0.2) is 5.01 Å². The van der Waals surface area contributed by atoms with Gasteiger partial charge in [0.1, 0.15) is 0 Å². The van der Waals surface area contributed by atoms with Gasteiger partial charge in [-0.1, -0.05) is 0 Å². The molecular formula is C8H8F3NO2S. The number of carbonyl (C=O) groups excluding carboxylic acids is 1. The van der Waals surface area contributed by atoms with Gasteiger partial charge in [-0.05, 0) is 0 Å². The van der Waals surface area contributed by atoms with Gasteiger partial charge in [0, 0.05) is 11.8 Å². The maximum atomic E-state index is 12.1. The van der Waals surface area contributed by atoms with Crippen LogP contribution in [-0.2, 0) is 22.1 Å². The quantitative estimate of drug-likeness (QED) is 0.759. The second-order valence-corrected chi connectivity index (χ2v) is 3.58. The van der Waals surface area contributed by atoms with Crippen LogP contribution >= 0.6 is 11.3 Å². The van der Waals surface area contributed by atoms with E-state index >= 15 is 0 Å². The highest BCUT2D eigenvalue weighted by Gasteiger charge is 2.34. The van der Waals surface area contributed by atoms with Crippen molar-refractivity contribution in [1.29, 1.82) is 0 Å². The molecule has 0 saturated carbocycles. The van der Waals surface area contributed by atoms with Crippen LogP contribution in [-0.4, -0.2) is 18.1 Å². The highest BCUT2D eigenvalue weighted by atomic mass is 32.1. The SMILES string of the molecule is COC(=O)CCc1csc(C(F)(F)F)n1. The number of ether oxygens (including phenoxy) is 1. The first-order valence-corrected chi connectivity index (χ1v) is 4.90. The average Bonchev–Trinajstić information content (AvgIpc) is 2.61. The fraction of sp³-hybridized carbons (Fsp3) is 0.500. The molecule has 0 spiro atoms. The van der Waals surface area contributed by atoms with Gasteiger partial charge in [0.2, 0.25) is 0 Å². The number of carbonyl (C=O) groups is 1. The van der Waals surface area contributed by atoms with Crippen LogP contribution in [0, 0.1) is 0 Å². The fourth-order valence-electron chi connectivity index (χ4n) is 0.884. The van der Waals surface area contributed by atoms with Crippen molar-refractivity contribution < 1.29 is 22.7 Å². The number of methoxy groups -OCH3 is 1. The summed E-state index contributed by atoms with van der Waals surface area (Å²) in [5, 5.41) is 0.411. The third-order valence-electron chi connectivity index (χ3n) is 1.61. The lowest BCUT2D eigenvalue weighted by atomic mass is 10.2. The summed E-state index contributed by atoms with van der Waals surface area (Å²) in [5.41, 5.74) is 0.262. The lowest BCUT2D eigenvalue weighted by molar-refractivity contribution is -0.140. The third kappa shape index (κ3) is 3.50. The lowest BCUT2D eigenvalue weighted by Gasteiger charge is -1.99. The summed E-state index contributed by atoms with van der Waals surface area (Å²) >= 11 is 0.528. The summed E-state index contributed by atoms with van der Waals surface area (Å²) in [7, 11) is 1.23. The molecule has 1 heterocycles. The minimum atomic E-state index is -4.41. The molecule has 1 aromatic rings. The Bertz CT molecular complexity index is 348. The number of hydrogen-bond acceptors (Lipinski definition) is 4. The molecule has 0 amide bonds. The third-order valence-corrected chi connectivity index (χ3v) is 2.54. The maximum absolute atomic E-state index is 12.1. The number of halogens is 3. The van der Waals surface area contributed by atoms with E-state index in [9.17, 15) is 18.0 Å². The van der Waals surface area contributed by atoms with Crippen LogP contribution in [0.3, 0.4) is 0 Å². The van der Waals surface area contributed by atoms with Gasteiger partial charge >= 0.3 is 12.1 Å². The Morgan fingerprint density at radius 3 is 2.73 bits per heavy atom. The number of thiazole rings is 1. The number of nitrogens with zero attached hydrogens (tertiary/aromatic N) is 1. The van der Waals surface area contributed by atoms with Crippen molar-refractivity contribution in [2.75, 3.05) is 7.11 Å². The molecule has 0 aromatic carbocycles. The number of alkyl halides is 3. The number of hydrogen-bond donors (Lipinski definition) is 0. The minimum absolute atomic E-state index is 0.0392. The van der Waals surface area contributed by atoms with Crippen molar-refractivity contribution in [2.45, 2.75) is 19.0 Å². The summed E-state index contributed by atoms with van der Waals surface area (Å²) in [6, 6.07) is 0. The zero-order valence-corrected chi connectivity index (χ0v) is 8.61. The molecule has 15 heavy (non-hydrogen) atoms. The molecule has 0 fully saturated rings. The molecule has 84 valence electrons. The number of aryl methyl sites for hydroxylation is 1. The van der Waals surface area contributed by atoms with Crippen molar-refractivity contribution in [2.24, 2.45) is 0 Å². The van der Waals surface area contributed by atoms with E-state index in [1.54, 1.807) is 0 Å². The summed E-state index contributed by atoms with van der Waals surface area (Å²) in [5.74, 6) is -0.462. The molecule has 0 N–H and O–H groups in total. The van der Waals surface area contributed by atoms with Crippen molar-refractivity contribution >= 4 is 17.3 Å². The van der Waals surface area contributed by atoms with Crippen LogP contribution in [0.15, 0.2) is 5.38 Å². The standard InChI is InChI=1S/C8H8F3NO2S/c1-14-6(13)3-2-5-4-15-7(12-5)8(9,10)11/h4H,2-3H2,1H3. The highest BCUT2D eigenvalue weighted by molar-refractivity contribution is 7.09. The molecule has 0 saturated heterocycles. The Hall–Kier alpha value is -1.11. The Labute approximate surface area is 87.9 Å². The van der Waals surface area contributed by atoms with Gasteiger partial charge in [-0.25, -0.2) is 4.98 Å². The fourth-order valence-corrected chi connectivity index (χ4v) is 1.61. The first-order valence-electron chi connectivity index (χ1n) is 4.02. The van der Waals surface area contributed by atoms with E-state index in [0.717, 1.165) is 0 Å². The number of rotatable bonds is 3. The van der Waals surface area contributed by atoms with Crippen LogP contribution in [0.25, 0.3) is 0 Å². The summed E-state index contributed by atoms with van der Waals surface area (Å²) in [6.45, 7) is 0. The Kier molecular flexibility index (Phi) is 3.67. The monoisotopic (exact) mass is 239 g/mol. The van der Waals surface area contributed by atoms with E-state index < -0.39 is 17.2 Å². The number of esters is 1. The van der Waals surface area contributed by atoms with Crippen molar-refractivity contribution in [3.8, 4) is 0 Å². The summed E-state index contributed by atoms with van der Waals surface area (Å²) in [4.78, 5) is 14.1. The van der Waals surface area contributed by atoms with Crippen molar-refractivity contribution in [3.05, 3.63) is 16.1 Å². The normalized spacial score (nSPS) is 11.5. The molecule has 0 unspecified atom stereocenters. The topological polar surface area (TPSA) is 39.2 Å². The first-order chi connectivity index (χ1) is 6.93. The molecular weight excluding hydrogens is 231 g/mol. The molecule has 0 aliphatic heterocycles. The second-order valence-electron chi connectivity index (χ2n) is 2.72. The van der Waals surface area contributed by atoms with E-state index in [-0.39, 0.29) is 18.5 Å². The van der Waals surface area contributed by atoms with Gasteiger partial charge in [0.25, 0.3) is 0 Å². The Morgan fingerprint density at radius 2 is 2.27 bits per heavy atom. The first kappa shape index (κ1) is 12.0. The molecule has 7 heteroatoms. The van der Waals surface area contributed by atoms with Gasteiger partial charge in [-0.15, -0.1) is 11.3 Å². The minimum Gasteiger partial charge on any atom is -0.469 e. The highest BCUT2D eigenvalue weighted by Crippen LogP contribution is 2.31. The van der Waals surface area contributed by atoms with Crippen LogP contribution in [0.2, 0.25) is 0 Å². The van der Waals surface area contributed by atoms with E-state index in [0.29, 0.717) is 11.3 Å². The van der Waals surface area contributed by atoms with E-state index in [4.69, 9.17) is 0 Å². The largest absolute Gasteiger partial charge is 0.469 e. The Morgan fingerprint density at radius 1 is 1.60 bits per heavy atom. The molecule has 0 bridgehead atoms. The van der Waals surface area contributed by atoms with Gasteiger partial charge in [-0.2, -0.15) is 13.2 Å². The lowest BCUT2D eigenvalue weighted by Crippen LogP contribution is -2.05. The zero-order chi connectivity index (χ0) is 11.5. The molecule has 3 nitrogen and oxygen atoms in total.